The van der Waals surface area contributed by atoms with Crippen LogP contribution in [0, 0.1) is 5.92 Å². The third kappa shape index (κ3) is 0.503. The lowest BCUT2D eigenvalue weighted by molar-refractivity contribution is 0.601. The maximum absolute atomic E-state index is 11.1. The topological polar surface area (TPSA) is 34.1 Å². The molecular formula is C5H9BO2S. The van der Waals surface area contributed by atoms with Crippen molar-refractivity contribution in [1.29, 1.82) is 0 Å². The van der Waals surface area contributed by atoms with Crippen LogP contribution in [0.2, 0.25) is 6.82 Å². The Morgan fingerprint density at radius 3 is 2.11 bits per heavy atom. The molecule has 0 amide bonds. The highest BCUT2D eigenvalue weighted by Crippen LogP contribution is 2.71. The smallest absolute Gasteiger partial charge is 0.241 e. The van der Waals surface area contributed by atoms with Gasteiger partial charge in [-0.3, -0.25) is 0 Å². The van der Waals surface area contributed by atoms with Gasteiger partial charge in [0.15, 0.2) is 0 Å². The fraction of sp³-hybridized carbons (Fsp3) is 1.00. The highest BCUT2D eigenvalue weighted by molar-refractivity contribution is 8.16. The van der Waals surface area contributed by atoms with Gasteiger partial charge < -0.3 is 0 Å². The molecule has 4 heteroatoms. The first-order valence-corrected chi connectivity index (χ1v) is 5.00. The van der Waals surface area contributed by atoms with Crippen LogP contribution in [-0.4, -0.2) is 19.7 Å². The lowest BCUT2D eigenvalue weighted by Gasteiger charge is -1.99. The van der Waals surface area contributed by atoms with Gasteiger partial charge in [-0.15, -0.1) is 0 Å². The normalized spacial score (nSPS) is 45.7. The summed E-state index contributed by atoms with van der Waals surface area (Å²) in [6, 6.07) is 0. The number of hydrogen-bond acceptors (Lipinski definition) is 2. The van der Waals surface area contributed by atoms with E-state index in [4.69, 9.17) is 0 Å². The Balaban J connectivity index is 2.31. The van der Waals surface area contributed by atoms with Gasteiger partial charge in [0, 0.05) is 0 Å². The van der Waals surface area contributed by atoms with Gasteiger partial charge in [0.25, 0.3) is 6.56 Å². The summed E-state index contributed by atoms with van der Waals surface area (Å²) in [5.74, 6) is 0.572. The van der Waals surface area contributed by atoms with Gasteiger partial charge in [-0.05, 0) is 18.8 Å². The second-order valence-electron chi connectivity index (χ2n) is 3.07. The SMILES string of the molecule is CBS(=O)(=O)C12CC1C2. The Morgan fingerprint density at radius 2 is 2.00 bits per heavy atom. The molecule has 0 unspecified atom stereocenters. The molecule has 2 aliphatic carbocycles. The molecule has 2 fully saturated rings. The first-order valence-electron chi connectivity index (χ1n) is 3.35. The lowest BCUT2D eigenvalue weighted by atomic mass is 10.2. The molecule has 2 rings (SSSR count). The van der Waals surface area contributed by atoms with E-state index >= 15 is 0 Å². The third-order valence-electron chi connectivity index (χ3n) is 2.61. The fourth-order valence-electron chi connectivity index (χ4n) is 1.45. The Labute approximate surface area is 55.7 Å². The van der Waals surface area contributed by atoms with Crippen LogP contribution in [0.15, 0.2) is 0 Å². The van der Waals surface area contributed by atoms with Crippen LogP contribution in [0.3, 0.4) is 0 Å². The van der Waals surface area contributed by atoms with Crippen LogP contribution in [0.4, 0.5) is 0 Å². The van der Waals surface area contributed by atoms with Crippen molar-refractivity contribution in [2.75, 3.05) is 0 Å². The van der Waals surface area contributed by atoms with E-state index in [9.17, 15) is 8.42 Å². The molecular weight excluding hydrogens is 135 g/mol. The lowest BCUT2D eigenvalue weighted by Crippen LogP contribution is -2.18. The molecule has 0 heterocycles. The van der Waals surface area contributed by atoms with E-state index in [-0.39, 0.29) is 4.75 Å². The summed E-state index contributed by atoms with van der Waals surface area (Å²) in [5, 5.41) is 0. The van der Waals surface area contributed by atoms with Crippen molar-refractivity contribution in [2.45, 2.75) is 24.4 Å². The van der Waals surface area contributed by atoms with E-state index < -0.39 is 9.69 Å². The molecule has 0 aromatic carbocycles. The van der Waals surface area contributed by atoms with E-state index in [1.807, 2.05) is 0 Å². The predicted molar refractivity (Wildman–Crippen MR) is 37.4 cm³/mol. The van der Waals surface area contributed by atoms with Gasteiger partial charge in [0.1, 0.15) is 9.69 Å². The molecule has 2 saturated carbocycles. The van der Waals surface area contributed by atoms with Crippen molar-refractivity contribution in [2.24, 2.45) is 5.92 Å². The van der Waals surface area contributed by atoms with Crippen molar-refractivity contribution in [3.63, 3.8) is 0 Å². The van der Waals surface area contributed by atoms with Crippen LogP contribution in [0.1, 0.15) is 12.8 Å². The van der Waals surface area contributed by atoms with Crippen LogP contribution in [0.5, 0.6) is 0 Å². The van der Waals surface area contributed by atoms with Crippen LogP contribution < -0.4 is 0 Å². The summed E-state index contributed by atoms with van der Waals surface area (Å²) in [7, 11) is -2.65. The highest BCUT2D eigenvalue weighted by atomic mass is 32.2. The minimum atomic E-state index is -2.65. The average molecular weight is 144 g/mol. The highest BCUT2D eigenvalue weighted by Gasteiger charge is 2.76. The Hall–Kier alpha value is 0.0149. The molecule has 0 aliphatic heterocycles. The summed E-state index contributed by atoms with van der Waals surface area (Å²) in [5.41, 5.74) is 0. The van der Waals surface area contributed by atoms with E-state index in [0.717, 1.165) is 12.8 Å². The Kier molecular flexibility index (Phi) is 0.780. The summed E-state index contributed by atoms with van der Waals surface area (Å²) in [6.07, 6.45) is 1.92. The molecule has 0 aromatic rings. The minimum absolute atomic E-state index is 0.165. The van der Waals surface area contributed by atoms with Gasteiger partial charge in [-0.25, -0.2) is 8.42 Å². The van der Waals surface area contributed by atoms with Crippen molar-refractivity contribution >= 4 is 16.2 Å². The minimum Gasteiger partial charge on any atom is -0.241 e. The zero-order valence-electron chi connectivity index (χ0n) is 5.42. The van der Waals surface area contributed by atoms with Gasteiger partial charge in [0.05, 0.1) is 4.75 Å². The number of fused-ring (bicyclic) bond motifs is 1. The number of rotatable bonds is 2. The Bertz CT molecular complexity index is 238. The maximum Gasteiger partial charge on any atom is 0.271 e. The second-order valence-corrected chi connectivity index (χ2v) is 5.69. The summed E-state index contributed by atoms with van der Waals surface area (Å²) < 4.78 is 22.1. The van der Waals surface area contributed by atoms with Gasteiger partial charge >= 0.3 is 0 Å². The monoisotopic (exact) mass is 144 g/mol. The molecule has 0 bridgehead atoms. The van der Waals surface area contributed by atoms with Crippen LogP contribution in [-0.2, 0) is 9.69 Å². The van der Waals surface area contributed by atoms with Crippen molar-refractivity contribution < 1.29 is 8.42 Å². The molecule has 0 aromatic heterocycles. The molecule has 50 valence electrons. The molecule has 9 heavy (non-hydrogen) atoms. The zero-order chi connectivity index (χ0) is 6.70. The third-order valence-corrected chi connectivity index (χ3v) is 5.27. The summed E-state index contributed by atoms with van der Waals surface area (Å²) in [4.78, 5) is 0. The molecule has 0 atom stereocenters. The molecule has 2 nitrogen and oxygen atoms in total. The summed E-state index contributed by atoms with van der Waals surface area (Å²) in [6.45, 7) is 2.07. The molecule has 0 radical (unpaired) electrons. The van der Waals surface area contributed by atoms with Crippen LogP contribution in [0.25, 0.3) is 0 Å². The van der Waals surface area contributed by atoms with E-state index in [1.54, 1.807) is 6.82 Å². The average Bonchev–Trinajstić information content (AvgIpc) is 2.45. The van der Waals surface area contributed by atoms with Crippen molar-refractivity contribution in [1.82, 2.24) is 0 Å². The summed E-state index contributed by atoms with van der Waals surface area (Å²) >= 11 is 0. The van der Waals surface area contributed by atoms with E-state index in [0.29, 0.717) is 12.5 Å². The first kappa shape index (κ1) is 5.77. The largest absolute Gasteiger partial charge is 0.271 e. The van der Waals surface area contributed by atoms with Gasteiger partial charge in [-0.1, -0.05) is 6.82 Å². The zero-order valence-corrected chi connectivity index (χ0v) is 6.24. The van der Waals surface area contributed by atoms with E-state index in [1.165, 1.54) is 0 Å². The van der Waals surface area contributed by atoms with Crippen molar-refractivity contribution in [3.05, 3.63) is 0 Å². The second kappa shape index (κ2) is 1.22. The molecule has 0 saturated heterocycles. The standard InChI is InChI=1S/C5H9BO2S/c1-6-9(7,8)5-2-4(5)3-5/h4,6H,2-3H2,1H3. The maximum atomic E-state index is 11.1. The first-order chi connectivity index (χ1) is 4.12. The van der Waals surface area contributed by atoms with Crippen LogP contribution >= 0.6 is 0 Å². The molecule has 2 aliphatic rings. The van der Waals surface area contributed by atoms with Crippen molar-refractivity contribution in [3.8, 4) is 0 Å². The van der Waals surface area contributed by atoms with Gasteiger partial charge in [0.2, 0.25) is 0 Å². The Morgan fingerprint density at radius 1 is 1.56 bits per heavy atom. The molecule has 0 spiro atoms. The van der Waals surface area contributed by atoms with E-state index in [2.05, 4.69) is 0 Å². The predicted octanol–water partition coefficient (Wildman–Crippen LogP) is -0.0368. The number of hydrogen-bond donors (Lipinski definition) is 0. The quantitative estimate of drug-likeness (QED) is 0.509. The fourth-order valence-corrected chi connectivity index (χ4v) is 3.44. The van der Waals surface area contributed by atoms with Gasteiger partial charge in [-0.2, -0.15) is 0 Å². The molecule has 0 N–H and O–H groups in total.